The van der Waals surface area contributed by atoms with Crippen LogP contribution in [0, 0.1) is 6.92 Å². The van der Waals surface area contributed by atoms with Crippen molar-refractivity contribution in [1.82, 2.24) is 4.98 Å². The molecule has 0 bridgehead atoms. The third-order valence-corrected chi connectivity index (χ3v) is 2.93. The lowest BCUT2D eigenvalue weighted by Crippen LogP contribution is -2.32. The molecule has 0 aliphatic carbocycles. The van der Waals surface area contributed by atoms with Crippen molar-refractivity contribution in [3.8, 4) is 0 Å². The molecule has 82 valence electrons. The Kier molecular flexibility index (Phi) is 3.21. The van der Waals surface area contributed by atoms with Crippen molar-refractivity contribution in [3.05, 3.63) is 24.0 Å². The highest BCUT2D eigenvalue weighted by Crippen LogP contribution is 2.25. The van der Waals surface area contributed by atoms with Crippen molar-refractivity contribution in [2.24, 2.45) is 0 Å². The lowest BCUT2D eigenvalue weighted by atomic mass is 10.2. The first-order valence-corrected chi connectivity index (χ1v) is 5.48. The molecule has 1 atom stereocenters. The van der Waals surface area contributed by atoms with Crippen molar-refractivity contribution in [2.75, 3.05) is 25.2 Å². The van der Waals surface area contributed by atoms with Crippen LogP contribution in [-0.4, -0.2) is 31.3 Å². The highest BCUT2D eigenvalue weighted by molar-refractivity contribution is 5.47. The van der Waals surface area contributed by atoms with Crippen LogP contribution in [0.3, 0.4) is 0 Å². The zero-order valence-corrected chi connectivity index (χ0v) is 9.44. The molecule has 1 unspecified atom stereocenters. The first-order valence-electron chi connectivity index (χ1n) is 5.48. The molecule has 2 heterocycles. The molecular formula is C12H18N2O. The Balaban J connectivity index is 2.15. The molecular weight excluding hydrogens is 188 g/mol. The molecule has 1 aliphatic heterocycles. The van der Waals surface area contributed by atoms with E-state index >= 15 is 0 Å². The third-order valence-electron chi connectivity index (χ3n) is 2.93. The monoisotopic (exact) mass is 206 g/mol. The summed E-state index contributed by atoms with van der Waals surface area (Å²) in [5.41, 5.74) is 2.45. The van der Waals surface area contributed by atoms with Crippen LogP contribution in [-0.2, 0) is 4.74 Å². The molecule has 3 heteroatoms. The highest BCUT2D eigenvalue weighted by atomic mass is 16.5. The maximum atomic E-state index is 5.25. The summed E-state index contributed by atoms with van der Waals surface area (Å²) in [7, 11) is 1.77. The summed E-state index contributed by atoms with van der Waals surface area (Å²) in [6.45, 7) is 4.02. The predicted molar refractivity (Wildman–Crippen MR) is 61.2 cm³/mol. The van der Waals surface area contributed by atoms with Crippen LogP contribution in [0.2, 0.25) is 0 Å². The van der Waals surface area contributed by atoms with Gasteiger partial charge < -0.3 is 9.64 Å². The van der Waals surface area contributed by atoms with Crippen LogP contribution in [0.15, 0.2) is 18.5 Å². The molecule has 1 fully saturated rings. The molecule has 0 saturated carbocycles. The van der Waals surface area contributed by atoms with E-state index in [1.807, 2.05) is 12.4 Å². The molecule has 1 aromatic rings. The minimum absolute atomic E-state index is 0.526. The normalized spacial score (nSPS) is 20.9. The molecule has 0 amide bonds. The van der Waals surface area contributed by atoms with E-state index in [-0.39, 0.29) is 0 Å². The van der Waals surface area contributed by atoms with Crippen LogP contribution in [0.5, 0.6) is 0 Å². The zero-order chi connectivity index (χ0) is 10.7. The van der Waals surface area contributed by atoms with Crippen molar-refractivity contribution in [1.29, 1.82) is 0 Å². The van der Waals surface area contributed by atoms with Crippen LogP contribution in [0.4, 0.5) is 5.69 Å². The SMILES string of the molecule is COCC1CCCN1c1cncc(C)c1. The molecule has 0 aromatic carbocycles. The second-order valence-electron chi connectivity index (χ2n) is 4.17. The third kappa shape index (κ3) is 2.29. The van der Waals surface area contributed by atoms with Gasteiger partial charge in [-0.05, 0) is 31.4 Å². The minimum Gasteiger partial charge on any atom is -0.383 e. The first kappa shape index (κ1) is 10.4. The topological polar surface area (TPSA) is 25.4 Å². The second-order valence-corrected chi connectivity index (χ2v) is 4.17. The number of pyridine rings is 1. The van der Waals surface area contributed by atoms with Gasteiger partial charge in [-0.2, -0.15) is 0 Å². The number of aromatic nitrogens is 1. The lowest BCUT2D eigenvalue weighted by molar-refractivity contribution is 0.181. The number of rotatable bonds is 3. The molecule has 1 saturated heterocycles. The fraction of sp³-hybridized carbons (Fsp3) is 0.583. The van der Waals surface area contributed by atoms with Crippen molar-refractivity contribution in [3.63, 3.8) is 0 Å². The van der Waals surface area contributed by atoms with Crippen molar-refractivity contribution < 1.29 is 4.74 Å². The molecule has 1 aliphatic rings. The number of ether oxygens (including phenoxy) is 1. The second kappa shape index (κ2) is 4.62. The maximum absolute atomic E-state index is 5.25. The summed E-state index contributed by atoms with van der Waals surface area (Å²) < 4.78 is 5.25. The average molecular weight is 206 g/mol. The summed E-state index contributed by atoms with van der Waals surface area (Å²) >= 11 is 0. The van der Waals surface area contributed by atoms with E-state index in [1.54, 1.807) is 7.11 Å². The van der Waals surface area contributed by atoms with Crippen molar-refractivity contribution in [2.45, 2.75) is 25.8 Å². The zero-order valence-electron chi connectivity index (χ0n) is 9.44. The van der Waals surface area contributed by atoms with Gasteiger partial charge in [0.25, 0.3) is 0 Å². The van der Waals surface area contributed by atoms with Gasteiger partial charge in [0, 0.05) is 19.9 Å². The van der Waals surface area contributed by atoms with E-state index < -0.39 is 0 Å². The molecule has 0 N–H and O–H groups in total. The van der Waals surface area contributed by atoms with Crippen LogP contribution in [0.1, 0.15) is 18.4 Å². The molecule has 0 radical (unpaired) electrons. The van der Waals surface area contributed by atoms with E-state index in [0.717, 1.165) is 13.2 Å². The Labute approximate surface area is 91.1 Å². The van der Waals surface area contributed by atoms with Crippen LogP contribution < -0.4 is 4.90 Å². The van der Waals surface area contributed by atoms with Gasteiger partial charge in [-0.25, -0.2) is 0 Å². The number of hydrogen-bond acceptors (Lipinski definition) is 3. The van der Waals surface area contributed by atoms with Gasteiger partial charge >= 0.3 is 0 Å². The number of nitrogens with zero attached hydrogens (tertiary/aromatic N) is 2. The number of methoxy groups -OCH3 is 1. The van der Waals surface area contributed by atoms with Gasteiger partial charge in [0.15, 0.2) is 0 Å². The van der Waals surface area contributed by atoms with E-state index in [4.69, 9.17) is 4.74 Å². The molecule has 2 rings (SSSR count). The number of hydrogen-bond donors (Lipinski definition) is 0. The minimum atomic E-state index is 0.526. The summed E-state index contributed by atoms with van der Waals surface area (Å²) in [6, 6.07) is 2.72. The molecule has 1 aromatic heterocycles. The van der Waals surface area contributed by atoms with Crippen molar-refractivity contribution >= 4 is 5.69 Å². The maximum Gasteiger partial charge on any atom is 0.0666 e. The summed E-state index contributed by atoms with van der Waals surface area (Å²) in [6.07, 6.45) is 6.32. The van der Waals surface area contributed by atoms with Crippen LogP contribution >= 0.6 is 0 Å². The van der Waals surface area contributed by atoms with E-state index in [2.05, 4.69) is 22.9 Å². The Morgan fingerprint density at radius 1 is 1.53 bits per heavy atom. The number of aryl methyl sites for hydroxylation is 1. The van der Waals surface area contributed by atoms with Crippen LogP contribution in [0.25, 0.3) is 0 Å². The summed E-state index contributed by atoms with van der Waals surface area (Å²) in [5, 5.41) is 0. The standard InChI is InChI=1S/C12H18N2O/c1-10-6-12(8-13-7-10)14-5-3-4-11(14)9-15-2/h6-8,11H,3-5,9H2,1-2H3. The predicted octanol–water partition coefficient (Wildman–Crippen LogP) is 2.01. The molecule has 0 spiro atoms. The Hall–Kier alpha value is -1.09. The summed E-state index contributed by atoms with van der Waals surface area (Å²) in [5.74, 6) is 0. The molecule has 3 nitrogen and oxygen atoms in total. The van der Waals surface area contributed by atoms with Gasteiger partial charge in [0.05, 0.1) is 24.5 Å². The smallest absolute Gasteiger partial charge is 0.0666 e. The highest BCUT2D eigenvalue weighted by Gasteiger charge is 2.24. The summed E-state index contributed by atoms with van der Waals surface area (Å²) in [4.78, 5) is 6.65. The Bertz CT molecular complexity index is 327. The number of anilines is 1. The Morgan fingerprint density at radius 3 is 3.13 bits per heavy atom. The van der Waals surface area contributed by atoms with E-state index in [0.29, 0.717) is 6.04 Å². The van der Waals surface area contributed by atoms with Gasteiger partial charge in [-0.15, -0.1) is 0 Å². The lowest BCUT2D eigenvalue weighted by Gasteiger charge is -2.26. The quantitative estimate of drug-likeness (QED) is 0.756. The largest absolute Gasteiger partial charge is 0.383 e. The van der Waals surface area contributed by atoms with Gasteiger partial charge in [0.1, 0.15) is 0 Å². The fourth-order valence-corrected chi connectivity index (χ4v) is 2.24. The molecule has 15 heavy (non-hydrogen) atoms. The van der Waals surface area contributed by atoms with E-state index in [9.17, 15) is 0 Å². The fourth-order valence-electron chi connectivity index (χ4n) is 2.24. The Morgan fingerprint density at radius 2 is 2.40 bits per heavy atom. The van der Waals surface area contributed by atoms with E-state index in [1.165, 1.54) is 24.1 Å². The average Bonchev–Trinajstić information content (AvgIpc) is 2.66. The van der Waals surface area contributed by atoms with Gasteiger partial charge in [0.2, 0.25) is 0 Å². The first-order chi connectivity index (χ1) is 7.31. The van der Waals surface area contributed by atoms with Gasteiger partial charge in [-0.1, -0.05) is 0 Å². The van der Waals surface area contributed by atoms with Gasteiger partial charge in [-0.3, -0.25) is 4.98 Å².